The minimum absolute atomic E-state index is 0.157. The molecule has 3 aliphatic heterocycles. The molecule has 1 N–H and O–H groups in total. The molecule has 3 aliphatic rings. The first-order valence-electron chi connectivity index (χ1n) is 10.2. The maximum absolute atomic E-state index is 12.6. The molecule has 0 saturated carbocycles. The minimum atomic E-state index is -0.248. The van der Waals surface area contributed by atoms with E-state index < -0.39 is 0 Å². The van der Waals surface area contributed by atoms with Crippen LogP contribution in [0.1, 0.15) is 42.8 Å². The molecule has 4 rings (SSSR count). The fourth-order valence-corrected chi connectivity index (χ4v) is 5.68. The van der Waals surface area contributed by atoms with Gasteiger partial charge >= 0.3 is 0 Å². The molecule has 27 heavy (non-hydrogen) atoms. The summed E-state index contributed by atoms with van der Waals surface area (Å²) < 4.78 is 5.51. The molecule has 1 aromatic rings. The first-order chi connectivity index (χ1) is 13.0. The molecule has 1 amide bonds. The second-order valence-corrected chi connectivity index (χ2v) is 9.61. The van der Waals surface area contributed by atoms with E-state index in [4.69, 9.17) is 4.74 Å². The van der Waals surface area contributed by atoms with E-state index in [1.165, 1.54) is 0 Å². The summed E-state index contributed by atoms with van der Waals surface area (Å²) in [5.41, 5.74) is 1.05. The van der Waals surface area contributed by atoms with Gasteiger partial charge in [-0.25, -0.2) is 4.98 Å². The number of carbonyl (C=O) groups excluding carboxylic acids is 1. The predicted octanol–water partition coefficient (Wildman–Crippen LogP) is 1.85. The van der Waals surface area contributed by atoms with Gasteiger partial charge in [0.15, 0.2) is 0 Å². The Balaban J connectivity index is 1.34. The van der Waals surface area contributed by atoms with Crippen molar-refractivity contribution in [2.24, 2.45) is 5.41 Å². The molecule has 0 aliphatic carbocycles. The van der Waals surface area contributed by atoms with Crippen LogP contribution in [0.4, 0.5) is 0 Å². The number of hydrogen-bond acceptors (Lipinski definition) is 6. The molecule has 0 bridgehead atoms. The summed E-state index contributed by atoms with van der Waals surface area (Å²) in [4.78, 5) is 21.6. The van der Waals surface area contributed by atoms with E-state index >= 15 is 0 Å². The monoisotopic (exact) mass is 393 g/mol. The van der Waals surface area contributed by atoms with Crippen LogP contribution < -0.4 is 0 Å². The van der Waals surface area contributed by atoms with Crippen LogP contribution in [0, 0.1) is 12.3 Å². The van der Waals surface area contributed by atoms with Crippen molar-refractivity contribution >= 4 is 17.2 Å². The number of hydrogen-bond donors (Lipinski definition) is 1. The number of carbonyl (C=O) groups is 1. The van der Waals surface area contributed by atoms with Crippen molar-refractivity contribution in [2.75, 3.05) is 39.4 Å². The zero-order chi connectivity index (χ0) is 18.9. The first kappa shape index (κ1) is 19.3. The predicted molar refractivity (Wildman–Crippen MR) is 105 cm³/mol. The Morgan fingerprint density at radius 2 is 2.11 bits per heavy atom. The third kappa shape index (κ3) is 4.53. The highest BCUT2D eigenvalue weighted by Crippen LogP contribution is 2.41. The lowest BCUT2D eigenvalue weighted by atomic mass is 9.71. The van der Waals surface area contributed by atoms with Gasteiger partial charge in [-0.2, -0.15) is 0 Å². The number of likely N-dealkylation sites (tertiary alicyclic amines) is 2. The number of aryl methyl sites for hydroxylation is 1. The smallest absolute Gasteiger partial charge is 0.228 e. The van der Waals surface area contributed by atoms with E-state index in [1.807, 2.05) is 17.2 Å². The van der Waals surface area contributed by atoms with Gasteiger partial charge in [-0.1, -0.05) is 0 Å². The van der Waals surface area contributed by atoms with Gasteiger partial charge in [0.05, 0.1) is 23.2 Å². The van der Waals surface area contributed by atoms with Crippen LogP contribution in [-0.2, 0) is 16.0 Å². The summed E-state index contributed by atoms with van der Waals surface area (Å²) in [6.45, 7) is 7.10. The molecule has 6 nitrogen and oxygen atoms in total. The molecule has 4 heterocycles. The Labute approximate surface area is 165 Å². The number of amides is 1. The lowest BCUT2D eigenvalue weighted by molar-refractivity contribution is -0.135. The van der Waals surface area contributed by atoms with Crippen molar-refractivity contribution in [3.05, 3.63) is 16.1 Å². The maximum Gasteiger partial charge on any atom is 0.228 e. The molecule has 1 unspecified atom stereocenters. The second-order valence-electron chi connectivity index (χ2n) is 8.55. The van der Waals surface area contributed by atoms with Gasteiger partial charge in [0.25, 0.3) is 0 Å². The van der Waals surface area contributed by atoms with Crippen molar-refractivity contribution in [1.82, 2.24) is 14.8 Å². The van der Waals surface area contributed by atoms with E-state index in [-0.39, 0.29) is 17.4 Å². The third-order valence-electron chi connectivity index (χ3n) is 6.54. The number of aliphatic hydroxyl groups is 1. The van der Waals surface area contributed by atoms with Crippen LogP contribution in [0.2, 0.25) is 0 Å². The SMILES string of the molecule is Cc1nc(CC(=O)N2CCC3(CC2)CC(O)CN(C2CCOCC2)C3)cs1. The van der Waals surface area contributed by atoms with Crippen molar-refractivity contribution in [2.45, 2.75) is 57.6 Å². The van der Waals surface area contributed by atoms with Gasteiger partial charge < -0.3 is 14.7 Å². The van der Waals surface area contributed by atoms with E-state index in [0.717, 1.165) is 82.2 Å². The Bertz CT molecular complexity index is 651. The molecule has 3 fully saturated rings. The highest BCUT2D eigenvalue weighted by molar-refractivity contribution is 7.09. The normalized spacial score (nSPS) is 27.2. The highest BCUT2D eigenvalue weighted by atomic mass is 32.1. The molecule has 150 valence electrons. The number of rotatable bonds is 3. The van der Waals surface area contributed by atoms with E-state index in [1.54, 1.807) is 11.3 Å². The molecule has 3 saturated heterocycles. The lowest BCUT2D eigenvalue weighted by Crippen LogP contribution is -2.57. The Morgan fingerprint density at radius 3 is 2.78 bits per heavy atom. The zero-order valence-corrected chi connectivity index (χ0v) is 17.0. The number of nitrogens with zero attached hydrogens (tertiary/aromatic N) is 3. The Kier molecular flexibility index (Phi) is 5.83. The average molecular weight is 394 g/mol. The maximum atomic E-state index is 12.6. The summed E-state index contributed by atoms with van der Waals surface area (Å²) >= 11 is 1.60. The molecule has 1 aromatic heterocycles. The highest BCUT2D eigenvalue weighted by Gasteiger charge is 2.43. The fourth-order valence-electron chi connectivity index (χ4n) is 5.07. The van der Waals surface area contributed by atoms with Crippen LogP contribution in [0.25, 0.3) is 0 Å². The summed E-state index contributed by atoms with van der Waals surface area (Å²) in [5.74, 6) is 0.188. The molecule has 7 heteroatoms. The van der Waals surface area contributed by atoms with E-state index in [2.05, 4.69) is 9.88 Å². The van der Waals surface area contributed by atoms with Crippen LogP contribution in [0.5, 0.6) is 0 Å². The minimum Gasteiger partial charge on any atom is -0.392 e. The fraction of sp³-hybridized carbons (Fsp3) is 0.800. The number of ether oxygens (including phenoxy) is 1. The van der Waals surface area contributed by atoms with Crippen molar-refractivity contribution in [3.63, 3.8) is 0 Å². The molecule has 0 aromatic carbocycles. The molecular formula is C20H31N3O3S. The molecular weight excluding hydrogens is 362 g/mol. The van der Waals surface area contributed by atoms with Gasteiger partial charge in [-0.3, -0.25) is 9.69 Å². The summed E-state index contributed by atoms with van der Waals surface area (Å²) in [6, 6.07) is 0.540. The summed E-state index contributed by atoms with van der Waals surface area (Å²) in [5, 5.41) is 13.5. The van der Waals surface area contributed by atoms with Crippen LogP contribution in [-0.4, -0.2) is 77.3 Å². The van der Waals surface area contributed by atoms with Gasteiger partial charge in [0.2, 0.25) is 5.91 Å². The quantitative estimate of drug-likeness (QED) is 0.849. The summed E-state index contributed by atoms with van der Waals surface area (Å²) in [6.07, 6.45) is 5.16. The number of piperidine rings is 2. The second kappa shape index (κ2) is 8.15. The average Bonchev–Trinajstić information content (AvgIpc) is 3.07. The van der Waals surface area contributed by atoms with Gasteiger partial charge in [0, 0.05) is 50.8 Å². The Morgan fingerprint density at radius 1 is 1.37 bits per heavy atom. The summed E-state index contributed by atoms with van der Waals surface area (Å²) in [7, 11) is 0. The van der Waals surface area contributed by atoms with Crippen molar-refractivity contribution in [3.8, 4) is 0 Å². The van der Waals surface area contributed by atoms with Crippen LogP contribution in [0.15, 0.2) is 5.38 Å². The largest absolute Gasteiger partial charge is 0.392 e. The van der Waals surface area contributed by atoms with E-state index in [0.29, 0.717) is 12.5 Å². The molecule has 1 spiro atoms. The third-order valence-corrected chi connectivity index (χ3v) is 7.36. The van der Waals surface area contributed by atoms with Crippen molar-refractivity contribution < 1.29 is 14.6 Å². The first-order valence-corrected chi connectivity index (χ1v) is 11.1. The van der Waals surface area contributed by atoms with Gasteiger partial charge in [-0.15, -0.1) is 11.3 Å². The molecule has 0 radical (unpaired) electrons. The topological polar surface area (TPSA) is 65.9 Å². The number of aliphatic hydroxyl groups excluding tert-OH is 1. The number of aromatic nitrogens is 1. The van der Waals surface area contributed by atoms with Crippen LogP contribution >= 0.6 is 11.3 Å². The molecule has 1 atom stereocenters. The standard InChI is InChI=1S/C20H31N3O3S/c1-15-21-16(13-27-15)10-19(25)22-6-4-20(5-7-22)11-18(24)12-23(14-20)17-2-8-26-9-3-17/h13,17-18,24H,2-12,14H2,1H3. The van der Waals surface area contributed by atoms with Gasteiger partial charge in [0.1, 0.15) is 0 Å². The number of thiazole rings is 1. The lowest BCUT2D eigenvalue weighted by Gasteiger charge is -2.51. The van der Waals surface area contributed by atoms with Crippen molar-refractivity contribution in [1.29, 1.82) is 0 Å². The van der Waals surface area contributed by atoms with Gasteiger partial charge in [-0.05, 0) is 44.4 Å². The van der Waals surface area contributed by atoms with Crippen LogP contribution in [0.3, 0.4) is 0 Å². The Hall–Kier alpha value is -1.02. The van der Waals surface area contributed by atoms with E-state index in [9.17, 15) is 9.90 Å². The number of β-amino-alcohol motifs (C(OH)–C–C–N with tert-alkyl or cyclic N) is 1. The zero-order valence-electron chi connectivity index (χ0n) is 16.2.